The van der Waals surface area contributed by atoms with Crippen LogP contribution in [0.3, 0.4) is 0 Å². The first kappa shape index (κ1) is 20.2. The summed E-state index contributed by atoms with van der Waals surface area (Å²) < 4.78 is 18.8. The topological polar surface area (TPSA) is 44.8 Å². The maximum atomic E-state index is 10.7. The molecule has 0 aromatic heterocycles. The Kier molecular flexibility index (Phi) is 5.84. The van der Waals surface area contributed by atoms with E-state index in [-0.39, 0.29) is 10.8 Å². The number of carbonyl (C=O) groups is 1. The fourth-order valence-electron chi connectivity index (χ4n) is 5.01. The SMILES string of the molecule is CC(C)(C)[Si](C)(C)OC[C@@H]1C[C@H]2[C@H](CCC23OCCO3)[C@H]1C/C=C\C=O. The molecule has 3 aliphatic rings. The van der Waals surface area contributed by atoms with E-state index in [9.17, 15) is 4.79 Å². The molecule has 148 valence electrons. The lowest BCUT2D eigenvalue weighted by atomic mass is 9.85. The Labute approximate surface area is 159 Å². The highest BCUT2D eigenvalue weighted by molar-refractivity contribution is 6.74. The van der Waals surface area contributed by atoms with Crippen molar-refractivity contribution >= 4 is 14.6 Å². The predicted molar refractivity (Wildman–Crippen MR) is 105 cm³/mol. The second-order valence-electron chi connectivity index (χ2n) is 9.85. The summed E-state index contributed by atoms with van der Waals surface area (Å²) in [5.74, 6) is 1.86. The van der Waals surface area contributed by atoms with Crippen molar-refractivity contribution in [1.29, 1.82) is 0 Å². The molecule has 0 N–H and O–H groups in total. The third-order valence-electron chi connectivity index (χ3n) is 7.48. The predicted octanol–water partition coefficient (Wildman–Crippen LogP) is 4.56. The Hall–Kier alpha value is -0.493. The van der Waals surface area contributed by atoms with Gasteiger partial charge in [0.15, 0.2) is 14.1 Å². The molecule has 2 saturated carbocycles. The lowest BCUT2D eigenvalue weighted by Gasteiger charge is -2.38. The van der Waals surface area contributed by atoms with E-state index >= 15 is 0 Å². The number of hydrogen-bond donors (Lipinski definition) is 0. The summed E-state index contributed by atoms with van der Waals surface area (Å²) in [4.78, 5) is 10.7. The van der Waals surface area contributed by atoms with Gasteiger partial charge >= 0.3 is 0 Å². The first-order chi connectivity index (χ1) is 12.2. The molecule has 3 rings (SSSR count). The van der Waals surface area contributed by atoms with Gasteiger partial charge in [0, 0.05) is 18.9 Å². The van der Waals surface area contributed by atoms with Crippen LogP contribution in [0.25, 0.3) is 0 Å². The second-order valence-corrected chi connectivity index (χ2v) is 14.7. The normalized spacial score (nSPS) is 34.0. The summed E-state index contributed by atoms with van der Waals surface area (Å²) in [5.41, 5.74) is 0. The fourth-order valence-corrected chi connectivity index (χ4v) is 6.07. The highest BCUT2D eigenvalue weighted by Crippen LogP contribution is 2.58. The minimum absolute atomic E-state index is 0.229. The van der Waals surface area contributed by atoms with E-state index in [4.69, 9.17) is 13.9 Å². The molecule has 26 heavy (non-hydrogen) atoms. The van der Waals surface area contributed by atoms with E-state index in [0.717, 1.165) is 45.4 Å². The van der Waals surface area contributed by atoms with Gasteiger partial charge in [0.05, 0.1) is 13.2 Å². The van der Waals surface area contributed by atoms with Crippen LogP contribution in [0.4, 0.5) is 0 Å². The minimum Gasteiger partial charge on any atom is -0.417 e. The number of rotatable bonds is 6. The highest BCUT2D eigenvalue weighted by Gasteiger charge is 2.59. The Bertz CT molecular complexity index is 531. The molecular formula is C21H36O4Si. The standard InChI is InChI=1S/C21H36O4Si/c1-20(2,3)26(4,5)25-15-16-14-19-18(17(16)8-6-7-11-22)9-10-21(19)23-12-13-24-21/h6-7,11,16-19H,8-10,12-15H2,1-5H3/b7-6-/t16-,17-,18+,19-/m0/s1. The van der Waals surface area contributed by atoms with Gasteiger partial charge in [0.1, 0.15) is 6.29 Å². The molecule has 4 atom stereocenters. The van der Waals surface area contributed by atoms with Crippen molar-refractivity contribution < 1.29 is 18.7 Å². The van der Waals surface area contributed by atoms with Crippen molar-refractivity contribution in [2.45, 2.75) is 70.4 Å². The number of ether oxygens (including phenoxy) is 2. The molecule has 1 heterocycles. The molecule has 5 heteroatoms. The molecular weight excluding hydrogens is 344 g/mol. The largest absolute Gasteiger partial charge is 0.417 e. The van der Waals surface area contributed by atoms with E-state index in [0.29, 0.717) is 23.7 Å². The molecule has 1 aliphatic heterocycles. The maximum absolute atomic E-state index is 10.7. The quantitative estimate of drug-likeness (QED) is 0.385. The molecule has 0 radical (unpaired) electrons. The molecule has 2 aliphatic carbocycles. The van der Waals surface area contributed by atoms with Crippen molar-refractivity contribution in [2.24, 2.45) is 23.7 Å². The summed E-state index contributed by atoms with van der Waals surface area (Å²) in [5, 5.41) is 0.229. The number of allylic oxidation sites excluding steroid dienone is 2. The van der Waals surface area contributed by atoms with Gasteiger partial charge in [-0.05, 0) is 61.2 Å². The van der Waals surface area contributed by atoms with Gasteiger partial charge in [-0.2, -0.15) is 0 Å². The van der Waals surface area contributed by atoms with Crippen LogP contribution in [0.15, 0.2) is 12.2 Å². The highest BCUT2D eigenvalue weighted by atomic mass is 28.4. The molecule has 1 spiro atoms. The van der Waals surface area contributed by atoms with Crippen molar-refractivity contribution in [3.63, 3.8) is 0 Å². The van der Waals surface area contributed by atoms with Gasteiger partial charge in [-0.25, -0.2) is 0 Å². The van der Waals surface area contributed by atoms with Crippen molar-refractivity contribution in [3.05, 3.63) is 12.2 Å². The van der Waals surface area contributed by atoms with Gasteiger partial charge in [0.25, 0.3) is 0 Å². The fraction of sp³-hybridized carbons (Fsp3) is 0.857. The number of hydrogen-bond acceptors (Lipinski definition) is 4. The van der Waals surface area contributed by atoms with Gasteiger partial charge in [0.2, 0.25) is 0 Å². The molecule has 0 aromatic rings. The maximum Gasteiger partial charge on any atom is 0.191 e. The third-order valence-corrected chi connectivity index (χ3v) is 12.0. The first-order valence-corrected chi connectivity index (χ1v) is 13.1. The van der Waals surface area contributed by atoms with Crippen LogP contribution < -0.4 is 0 Å². The molecule has 3 fully saturated rings. The van der Waals surface area contributed by atoms with Crippen molar-refractivity contribution in [3.8, 4) is 0 Å². The molecule has 0 unspecified atom stereocenters. The van der Waals surface area contributed by atoms with E-state index < -0.39 is 8.32 Å². The summed E-state index contributed by atoms with van der Waals surface area (Å²) in [6.45, 7) is 13.8. The average Bonchev–Trinajstić information content (AvgIpc) is 3.24. The van der Waals surface area contributed by atoms with Gasteiger partial charge in [-0.1, -0.05) is 26.8 Å². The van der Waals surface area contributed by atoms with Crippen molar-refractivity contribution in [1.82, 2.24) is 0 Å². The number of aldehydes is 1. The molecule has 0 bridgehead atoms. The molecule has 1 saturated heterocycles. The lowest BCUT2D eigenvalue weighted by Crippen LogP contribution is -2.42. The van der Waals surface area contributed by atoms with Gasteiger partial charge in [-0.15, -0.1) is 0 Å². The third kappa shape index (κ3) is 3.73. The lowest BCUT2D eigenvalue weighted by molar-refractivity contribution is -0.184. The van der Waals surface area contributed by atoms with Crippen LogP contribution >= 0.6 is 0 Å². The Balaban J connectivity index is 1.72. The Morgan fingerprint density at radius 1 is 1.23 bits per heavy atom. The van der Waals surface area contributed by atoms with Crippen molar-refractivity contribution in [2.75, 3.05) is 19.8 Å². The first-order valence-electron chi connectivity index (χ1n) is 10.2. The Morgan fingerprint density at radius 3 is 2.54 bits per heavy atom. The number of fused-ring (bicyclic) bond motifs is 2. The van der Waals surface area contributed by atoms with Crippen LogP contribution in [-0.4, -0.2) is 40.2 Å². The average molecular weight is 381 g/mol. The zero-order valence-electron chi connectivity index (χ0n) is 17.1. The van der Waals surface area contributed by atoms with E-state index in [2.05, 4.69) is 33.9 Å². The second kappa shape index (κ2) is 7.49. The van der Waals surface area contributed by atoms with Crippen LogP contribution in [0.2, 0.25) is 18.1 Å². The van der Waals surface area contributed by atoms with E-state index in [1.807, 2.05) is 6.08 Å². The summed E-state index contributed by atoms with van der Waals surface area (Å²) in [7, 11) is -1.75. The zero-order valence-corrected chi connectivity index (χ0v) is 18.1. The van der Waals surface area contributed by atoms with E-state index in [1.165, 1.54) is 6.42 Å². The smallest absolute Gasteiger partial charge is 0.191 e. The van der Waals surface area contributed by atoms with Crippen LogP contribution in [0, 0.1) is 23.7 Å². The Morgan fingerprint density at radius 2 is 1.92 bits per heavy atom. The minimum atomic E-state index is -1.75. The van der Waals surface area contributed by atoms with Gasteiger partial charge in [-0.3, -0.25) is 4.79 Å². The van der Waals surface area contributed by atoms with E-state index in [1.54, 1.807) is 6.08 Å². The number of carbonyl (C=O) groups excluding carboxylic acids is 1. The summed E-state index contributed by atoms with van der Waals surface area (Å²) >= 11 is 0. The molecule has 4 nitrogen and oxygen atoms in total. The molecule has 0 aromatic carbocycles. The van der Waals surface area contributed by atoms with Crippen LogP contribution in [0.1, 0.15) is 46.5 Å². The summed E-state index contributed by atoms with van der Waals surface area (Å²) in [6.07, 6.45) is 8.84. The monoisotopic (exact) mass is 380 g/mol. The molecule has 0 amide bonds. The summed E-state index contributed by atoms with van der Waals surface area (Å²) in [6, 6.07) is 0. The zero-order chi connectivity index (χ0) is 19.0. The van der Waals surface area contributed by atoms with Crippen LogP contribution in [-0.2, 0) is 18.7 Å². The van der Waals surface area contributed by atoms with Gasteiger partial charge < -0.3 is 13.9 Å². The van der Waals surface area contributed by atoms with Crippen LogP contribution in [0.5, 0.6) is 0 Å².